The lowest BCUT2D eigenvalue weighted by atomic mass is 9.98. The molecular weight excluding hydrogens is 348 g/mol. The fraction of sp³-hybridized carbons (Fsp3) is 0.417. The average Bonchev–Trinajstić information content (AvgIpc) is 2.68. The molecule has 0 saturated heterocycles. The van der Waals surface area contributed by atoms with Crippen LogP contribution in [0.15, 0.2) is 47.7 Å². The van der Waals surface area contributed by atoms with Crippen LogP contribution in [0.1, 0.15) is 38.3 Å². The molecule has 1 atom stereocenters. The van der Waals surface area contributed by atoms with E-state index in [2.05, 4.69) is 80.8 Å². The topological polar surface area (TPSA) is 24.9 Å². The van der Waals surface area contributed by atoms with Gasteiger partial charge in [0.15, 0.2) is 0 Å². The molecule has 0 bridgehead atoms. The molecule has 0 spiro atoms. The molecule has 4 heteroatoms. The van der Waals surface area contributed by atoms with Crippen molar-refractivity contribution in [1.82, 2.24) is 0 Å². The molecule has 150 valence electrons. The van der Waals surface area contributed by atoms with Gasteiger partial charge in [-0.25, -0.2) is 0 Å². The molecule has 4 nitrogen and oxygen atoms in total. The number of methoxy groups -OCH3 is 2. The molecule has 1 aliphatic heterocycles. The summed E-state index contributed by atoms with van der Waals surface area (Å²) in [5.74, 6) is 1.85. The van der Waals surface area contributed by atoms with Crippen LogP contribution in [-0.4, -0.2) is 26.9 Å². The van der Waals surface area contributed by atoms with Crippen LogP contribution in [0, 0.1) is 13.8 Å². The van der Waals surface area contributed by atoms with E-state index in [1.807, 2.05) is 0 Å². The number of benzene rings is 2. The maximum absolute atomic E-state index is 5.45. The minimum absolute atomic E-state index is 0.355. The first-order valence-corrected chi connectivity index (χ1v) is 9.94. The van der Waals surface area contributed by atoms with Gasteiger partial charge in [-0.2, -0.15) is 0 Å². The first-order valence-electron chi connectivity index (χ1n) is 9.94. The van der Waals surface area contributed by atoms with Crippen LogP contribution < -0.4 is 19.3 Å². The van der Waals surface area contributed by atoms with E-state index in [-0.39, 0.29) is 0 Å². The predicted octanol–water partition coefficient (Wildman–Crippen LogP) is 5.68. The van der Waals surface area contributed by atoms with E-state index >= 15 is 0 Å². The number of rotatable bonds is 5. The highest BCUT2D eigenvalue weighted by atomic mass is 16.5. The minimum Gasteiger partial charge on any atom is -0.496 e. The zero-order valence-corrected chi connectivity index (χ0v) is 18.2. The average molecular weight is 381 g/mol. The Morgan fingerprint density at radius 1 is 0.893 bits per heavy atom. The van der Waals surface area contributed by atoms with Gasteiger partial charge >= 0.3 is 0 Å². The second kappa shape index (κ2) is 8.17. The number of ether oxygens (including phenoxy) is 2. The third-order valence-electron chi connectivity index (χ3n) is 5.92. The molecule has 0 radical (unpaired) electrons. The summed E-state index contributed by atoms with van der Waals surface area (Å²) < 4.78 is 10.9. The van der Waals surface area contributed by atoms with Crippen LogP contribution in [0.5, 0.6) is 11.5 Å². The van der Waals surface area contributed by atoms with Crippen LogP contribution in [-0.2, 0) is 0 Å². The summed E-state index contributed by atoms with van der Waals surface area (Å²) in [6.45, 7) is 11.8. The zero-order chi connectivity index (χ0) is 20.4. The van der Waals surface area contributed by atoms with E-state index in [4.69, 9.17) is 9.47 Å². The molecule has 2 aromatic carbocycles. The second-order valence-electron chi connectivity index (χ2n) is 7.49. The monoisotopic (exact) mass is 380 g/mol. The number of aryl methyl sites for hydroxylation is 2. The van der Waals surface area contributed by atoms with Crippen LogP contribution in [0.25, 0.3) is 0 Å². The molecule has 1 aliphatic rings. The Labute approximate surface area is 169 Å². The summed E-state index contributed by atoms with van der Waals surface area (Å²) in [5.41, 5.74) is 7.54. The standard InChI is InChI=1S/C24H32N2O2/c1-8-22-18(4)25(20-9-11-23(27-6)16(2)13-20)15-26(19(22)5)21-10-12-24(28-7)17(3)14-21/h9-14,18H,8,15H2,1-7H3. The van der Waals surface area contributed by atoms with Crippen molar-refractivity contribution in [2.24, 2.45) is 0 Å². The fourth-order valence-electron chi connectivity index (χ4n) is 4.25. The molecule has 1 unspecified atom stereocenters. The highest BCUT2D eigenvalue weighted by Gasteiger charge is 2.29. The lowest BCUT2D eigenvalue weighted by Crippen LogP contribution is -2.48. The summed E-state index contributed by atoms with van der Waals surface area (Å²) in [4.78, 5) is 4.88. The van der Waals surface area contributed by atoms with Crippen molar-refractivity contribution in [3.63, 3.8) is 0 Å². The predicted molar refractivity (Wildman–Crippen MR) is 118 cm³/mol. The molecule has 0 aromatic heterocycles. The molecule has 0 amide bonds. The summed E-state index contributed by atoms with van der Waals surface area (Å²) in [6.07, 6.45) is 1.03. The summed E-state index contributed by atoms with van der Waals surface area (Å²) in [7, 11) is 3.44. The van der Waals surface area contributed by atoms with Gasteiger partial charge in [-0.05, 0) is 87.2 Å². The molecular formula is C24H32N2O2. The van der Waals surface area contributed by atoms with Crippen LogP contribution in [0.3, 0.4) is 0 Å². The number of hydrogen-bond acceptors (Lipinski definition) is 4. The van der Waals surface area contributed by atoms with Gasteiger partial charge in [0.1, 0.15) is 11.5 Å². The Balaban J connectivity index is 2.03. The quantitative estimate of drug-likeness (QED) is 0.666. The first kappa shape index (κ1) is 20.1. The zero-order valence-electron chi connectivity index (χ0n) is 18.2. The third-order valence-corrected chi connectivity index (χ3v) is 5.92. The Bertz CT molecular complexity index is 888. The van der Waals surface area contributed by atoms with E-state index in [1.165, 1.54) is 22.6 Å². The maximum atomic E-state index is 5.45. The van der Waals surface area contributed by atoms with Gasteiger partial charge < -0.3 is 19.3 Å². The van der Waals surface area contributed by atoms with Crippen LogP contribution in [0.4, 0.5) is 11.4 Å². The fourth-order valence-corrected chi connectivity index (χ4v) is 4.25. The second-order valence-corrected chi connectivity index (χ2v) is 7.49. The van der Waals surface area contributed by atoms with Crippen molar-refractivity contribution in [3.05, 3.63) is 58.8 Å². The molecule has 28 heavy (non-hydrogen) atoms. The van der Waals surface area contributed by atoms with Crippen molar-refractivity contribution in [2.75, 3.05) is 30.7 Å². The molecule has 0 saturated carbocycles. The number of nitrogens with zero attached hydrogens (tertiary/aromatic N) is 2. The van der Waals surface area contributed by atoms with Gasteiger partial charge in [-0.1, -0.05) is 6.92 Å². The van der Waals surface area contributed by atoms with Crippen molar-refractivity contribution in [3.8, 4) is 11.5 Å². The normalized spacial score (nSPS) is 17.2. The van der Waals surface area contributed by atoms with Gasteiger partial charge in [0.2, 0.25) is 0 Å². The van der Waals surface area contributed by atoms with Gasteiger partial charge in [0.25, 0.3) is 0 Å². The van der Waals surface area contributed by atoms with E-state index in [0.717, 1.165) is 35.7 Å². The Morgan fingerprint density at radius 2 is 1.43 bits per heavy atom. The van der Waals surface area contributed by atoms with Crippen molar-refractivity contribution in [2.45, 2.75) is 47.1 Å². The summed E-state index contributed by atoms with van der Waals surface area (Å²) in [5, 5.41) is 0. The lowest BCUT2D eigenvalue weighted by molar-refractivity contribution is 0.411. The van der Waals surface area contributed by atoms with Gasteiger partial charge in [-0.15, -0.1) is 0 Å². The highest BCUT2D eigenvalue weighted by Crippen LogP contribution is 2.36. The van der Waals surface area contributed by atoms with Gasteiger partial charge in [0.05, 0.1) is 26.9 Å². The Morgan fingerprint density at radius 3 is 1.93 bits per heavy atom. The molecule has 0 fully saturated rings. The third kappa shape index (κ3) is 3.56. The van der Waals surface area contributed by atoms with Crippen LogP contribution >= 0.6 is 0 Å². The smallest absolute Gasteiger partial charge is 0.121 e. The Hall–Kier alpha value is -2.62. The number of anilines is 2. The molecule has 3 rings (SSSR count). The number of hydrogen-bond donors (Lipinski definition) is 0. The molecule has 0 aliphatic carbocycles. The first-order chi connectivity index (χ1) is 13.4. The van der Waals surface area contributed by atoms with Crippen molar-refractivity contribution in [1.29, 1.82) is 0 Å². The summed E-state index contributed by atoms with van der Waals surface area (Å²) >= 11 is 0. The lowest BCUT2D eigenvalue weighted by Gasteiger charge is -2.45. The van der Waals surface area contributed by atoms with E-state index in [0.29, 0.717) is 6.04 Å². The van der Waals surface area contributed by atoms with E-state index in [9.17, 15) is 0 Å². The molecule has 1 heterocycles. The summed E-state index contributed by atoms with van der Waals surface area (Å²) in [6, 6.07) is 13.2. The molecule has 0 N–H and O–H groups in total. The Kier molecular flexibility index (Phi) is 5.87. The maximum Gasteiger partial charge on any atom is 0.121 e. The van der Waals surface area contributed by atoms with Crippen molar-refractivity contribution >= 4 is 11.4 Å². The molecule has 2 aromatic rings. The van der Waals surface area contributed by atoms with Crippen LogP contribution in [0.2, 0.25) is 0 Å². The SMILES string of the molecule is CCC1=C(C)N(c2ccc(OC)c(C)c2)CN(c2ccc(OC)c(C)c2)C1C. The van der Waals surface area contributed by atoms with Crippen molar-refractivity contribution < 1.29 is 9.47 Å². The largest absolute Gasteiger partial charge is 0.496 e. The minimum atomic E-state index is 0.355. The van der Waals surface area contributed by atoms with E-state index < -0.39 is 0 Å². The highest BCUT2D eigenvalue weighted by molar-refractivity contribution is 5.63. The number of allylic oxidation sites excluding steroid dienone is 1. The van der Waals surface area contributed by atoms with E-state index in [1.54, 1.807) is 14.2 Å². The van der Waals surface area contributed by atoms with Gasteiger partial charge in [-0.3, -0.25) is 0 Å². The van der Waals surface area contributed by atoms with Gasteiger partial charge in [0, 0.05) is 17.1 Å².